The van der Waals surface area contributed by atoms with Crippen molar-refractivity contribution in [1.29, 1.82) is 0 Å². The Labute approximate surface area is 80.8 Å². The fourth-order valence-corrected chi connectivity index (χ4v) is 1.10. The molecule has 5 nitrogen and oxygen atoms in total. The molecule has 1 amide bonds. The van der Waals surface area contributed by atoms with Crippen molar-refractivity contribution < 1.29 is 4.79 Å². The lowest BCUT2D eigenvalue weighted by Gasteiger charge is -2.08. The van der Waals surface area contributed by atoms with Crippen LogP contribution in [0.1, 0.15) is 6.92 Å². The lowest BCUT2D eigenvalue weighted by molar-refractivity contribution is -0.125. The first-order valence-corrected chi connectivity index (χ1v) is 4.19. The molecule has 0 fully saturated rings. The van der Waals surface area contributed by atoms with Gasteiger partial charge in [0.25, 0.3) is 0 Å². The molecule has 1 aromatic rings. The van der Waals surface area contributed by atoms with Crippen LogP contribution in [0.4, 0.5) is 0 Å². The van der Waals surface area contributed by atoms with Crippen LogP contribution in [-0.4, -0.2) is 15.7 Å². The number of aromatic nitrogens is 2. The van der Waals surface area contributed by atoms with Gasteiger partial charge in [-0.05, 0) is 0 Å². The molecule has 0 spiro atoms. The van der Waals surface area contributed by atoms with Gasteiger partial charge in [-0.1, -0.05) is 18.5 Å². The van der Waals surface area contributed by atoms with E-state index in [-0.39, 0.29) is 11.8 Å². The fraction of sp³-hybridized carbons (Fsp3) is 0.429. The van der Waals surface area contributed by atoms with Crippen LogP contribution >= 0.6 is 11.6 Å². The molecule has 0 radical (unpaired) electrons. The summed E-state index contributed by atoms with van der Waals surface area (Å²) in [5.41, 5.74) is 2.08. The number of hydrogen-bond acceptors (Lipinski definition) is 3. The van der Waals surface area contributed by atoms with Crippen molar-refractivity contribution in [2.75, 3.05) is 0 Å². The first kappa shape index (κ1) is 10.0. The number of nitrogens with one attached hydrogen (secondary N) is 1. The van der Waals surface area contributed by atoms with Gasteiger partial charge in [0.1, 0.15) is 0 Å². The second-order valence-corrected chi connectivity index (χ2v) is 3.23. The number of hydrazine groups is 1. The molecule has 0 saturated heterocycles. The second-order valence-electron chi connectivity index (χ2n) is 2.79. The molecule has 1 atom stereocenters. The molecule has 0 aromatic carbocycles. The molecule has 0 aliphatic carbocycles. The normalized spacial score (nSPS) is 12.5. The van der Waals surface area contributed by atoms with Gasteiger partial charge < -0.3 is 0 Å². The van der Waals surface area contributed by atoms with Gasteiger partial charge in [0, 0.05) is 6.20 Å². The molecule has 1 rings (SSSR count). The molecule has 1 heterocycles. The average Bonchev–Trinajstić information content (AvgIpc) is 2.49. The number of nitrogens with two attached hydrogens (primary N) is 1. The first-order chi connectivity index (χ1) is 6.13. The highest BCUT2D eigenvalue weighted by molar-refractivity contribution is 6.30. The van der Waals surface area contributed by atoms with E-state index in [1.807, 2.05) is 0 Å². The Hall–Kier alpha value is -1.07. The molecular formula is C7H11ClN4O. The Bertz CT molecular complexity index is 298. The van der Waals surface area contributed by atoms with E-state index in [0.29, 0.717) is 11.6 Å². The number of amides is 1. The lowest BCUT2D eigenvalue weighted by Crippen LogP contribution is -2.36. The molecule has 0 unspecified atom stereocenters. The number of hydrogen-bond donors (Lipinski definition) is 2. The summed E-state index contributed by atoms with van der Waals surface area (Å²) in [5.74, 6) is 4.54. The van der Waals surface area contributed by atoms with Crippen molar-refractivity contribution in [3.8, 4) is 0 Å². The molecule has 1 aromatic heterocycles. The third kappa shape index (κ3) is 2.71. The maximum atomic E-state index is 11.0. The fourth-order valence-electron chi connectivity index (χ4n) is 0.944. The monoisotopic (exact) mass is 202 g/mol. The quantitative estimate of drug-likeness (QED) is 0.417. The second kappa shape index (κ2) is 4.25. The summed E-state index contributed by atoms with van der Waals surface area (Å²) in [6.07, 6.45) is 3.18. The van der Waals surface area contributed by atoms with Crippen molar-refractivity contribution in [2.45, 2.75) is 13.5 Å². The van der Waals surface area contributed by atoms with Gasteiger partial charge in [-0.25, -0.2) is 5.84 Å². The number of carbonyl (C=O) groups excluding carboxylic acids is 1. The van der Waals surface area contributed by atoms with Gasteiger partial charge in [0.05, 0.1) is 23.7 Å². The molecule has 0 aliphatic rings. The molecule has 0 saturated carbocycles. The topological polar surface area (TPSA) is 72.9 Å². The van der Waals surface area contributed by atoms with Crippen molar-refractivity contribution in [2.24, 2.45) is 11.8 Å². The van der Waals surface area contributed by atoms with Gasteiger partial charge in [-0.15, -0.1) is 0 Å². The number of nitrogens with zero attached hydrogens (tertiary/aromatic N) is 2. The van der Waals surface area contributed by atoms with Crippen LogP contribution in [0, 0.1) is 5.92 Å². The van der Waals surface area contributed by atoms with Crippen molar-refractivity contribution in [3.05, 3.63) is 17.4 Å². The summed E-state index contributed by atoms with van der Waals surface area (Å²) in [4.78, 5) is 11.0. The number of halogens is 1. The number of carbonyl (C=O) groups is 1. The van der Waals surface area contributed by atoms with E-state index < -0.39 is 0 Å². The third-order valence-electron chi connectivity index (χ3n) is 1.65. The Morgan fingerprint density at radius 3 is 3.08 bits per heavy atom. The molecule has 72 valence electrons. The molecule has 6 heteroatoms. The highest BCUT2D eigenvalue weighted by Gasteiger charge is 2.12. The third-order valence-corrected chi connectivity index (χ3v) is 1.85. The molecule has 0 bridgehead atoms. The largest absolute Gasteiger partial charge is 0.294 e. The van der Waals surface area contributed by atoms with Crippen LogP contribution in [0.2, 0.25) is 5.02 Å². The van der Waals surface area contributed by atoms with Crippen molar-refractivity contribution >= 4 is 17.5 Å². The summed E-state index contributed by atoms with van der Waals surface area (Å²) in [6.45, 7) is 2.23. The van der Waals surface area contributed by atoms with E-state index >= 15 is 0 Å². The van der Waals surface area contributed by atoms with E-state index in [2.05, 4.69) is 10.5 Å². The molecule has 3 N–H and O–H groups in total. The van der Waals surface area contributed by atoms with Gasteiger partial charge in [-0.2, -0.15) is 5.10 Å². The summed E-state index contributed by atoms with van der Waals surface area (Å²) in [7, 11) is 0. The minimum absolute atomic E-state index is 0.216. The highest BCUT2D eigenvalue weighted by atomic mass is 35.5. The zero-order valence-electron chi connectivity index (χ0n) is 7.20. The van der Waals surface area contributed by atoms with Crippen LogP contribution in [0.25, 0.3) is 0 Å². The van der Waals surface area contributed by atoms with Gasteiger partial charge in [0.15, 0.2) is 0 Å². The van der Waals surface area contributed by atoms with Crippen LogP contribution in [0.5, 0.6) is 0 Å². The van der Waals surface area contributed by atoms with Crippen LogP contribution < -0.4 is 11.3 Å². The van der Waals surface area contributed by atoms with Crippen LogP contribution in [0.3, 0.4) is 0 Å². The van der Waals surface area contributed by atoms with E-state index in [0.717, 1.165) is 0 Å². The molecule has 13 heavy (non-hydrogen) atoms. The van der Waals surface area contributed by atoms with Crippen molar-refractivity contribution in [1.82, 2.24) is 15.2 Å². The summed E-state index contributed by atoms with van der Waals surface area (Å²) in [6, 6.07) is 0. The van der Waals surface area contributed by atoms with E-state index in [1.165, 1.54) is 6.20 Å². The van der Waals surface area contributed by atoms with Crippen LogP contribution in [0.15, 0.2) is 12.4 Å². The Balaban J connectivity index is 2.54. The zero-order chi connectivity index (χ0) is 9.84. The minimum Gasteiger partial charge on any atom is -0.294 e. The van der Waals surface area contributed by atoms with Gasteiger partial charge in [-0.3, -0.25) is 14.9 Å². The Morgan fingerprint density at radius 2 is 2.62 bits per heavy atom. The Morgan fingerprint density at radius 1 is 1.92 bits per heavy atom. The predicted molar refractivity (Wildman–Crippen MR) is 48.7 cm³/mol. The molecule has 0 aliphatic heterocycles. The molecular weight excluding hydrogens is 192 g/mol. The van der Waals surface area contributed by atoms with E-state index in [4.69, 9.17) is 17.4 Å². The zero-order valence-corrected chi connectivity index (χ0v) is 7.95. The smallest absolute Gasteiger partial charge is 0.238 e. The number of rotatable bonds is 3. The summed E-state index contributed by atoms with van der Waals surface area (Å²) in [5, 5.41) is 4.49. The summed E-state index contributed by atoms with van der Waals surface area (Å²) >= 11 is 5.65. The van der Waals surface area contributed by atoms with Gasteiger partial charge >= 0.3 is 0 Å². The average molecular weight is 203 g/mol. The minimum atomic E-state index is -0.221. The maximum absolute atomic E-state index is 11.0. The van der Waals surface area contributed by atoms with Gasteiger partial charge in [0.2, 0.25) is 5.91 Å². The lowest BCUT2D eigenvalue weighted by atomic mass is 10.2. The van der Waals surface area contributed by atoms with Crippen LogP contribution in [-0.2, 0) is 11.3 Å². The first-order valence-electron chi connectivity index (χ1n) is 3.82. The van der Waals surface area contributed by atoms with E-state index in [1.54, 1.807) is 17.8 Å². The van der Waals surface area contributed by atoms with E-state index in [9.17, 15) is 4.79 Å². The highest BCUT2D eigenvalue weighted by Crippen LogP contribution is 2.07. The maximum Gasteiger partial charge on any atom is 0.238 e. The Kier molecular flexibility index (Phi) is 3.27. The predicted octanol–water partition coefficient (Wildman–Crippen LogP) is 0.162. The standard InChI is InChI=1S/C7H11ClN4O/c1-5(7(13)11-9)3-12-4-6(8)2-10-12/h2,4-5H,3,9H2,1H3,(H,11,13)/t5-/m0/s1. The SMILES string of the molecule is C[C@@H](Cn1cc(Cl)cn1)C(=O)NN. The van der Waals surface area contributed by atoms with Crippen molar-refractivity contribution in [3.63, 3.8) is 0 Å². The summed E-state index contributed by atoms with van der Waals surface area (Å²) < 4.78 is 1.60.